The van der Waals surface area contributed by atoms with E-state index < -0.39 is 10.0 Å². The van der Waals surface area contributed by atoms with Crippen LogP contribution in [-0.4, -0.2) is 51.5 Å². The van der Waals surface area contributed by atoms with Gasteiger partial charge in [0, 0.05) is 6.07 Å². The summed E-state index contributed by atoms with van der Waals surface area (Å²) in [6.45, 7) is 0.857. The Hall–Kier alpha value is -1.41. The van der Waals surface area contributed by atoms with Gasteiger partial charge in [0.2, 0.25) is 0 Å². The van der Waals surface area contributed by atoms with E-state index in [1.807, 2.05) is 0 Å². The first-order valence-corrected chi connectivity index (χ1v) is 8.54. The molecule has 1 aromatic carbocycles. The molecule has 2 rings (SSSR count). The average molecular weight is 316 g/mol. The zero-order valence-corrected chi connectivity index (χ0v) is 13.1. The molecule has 1 aromatic rings. The van der Waals surface area contributed by atoms with Crippen molar-refractivity contribution < 1.29 is 17.9 Å². The summed E-state index contributed by atoms with van der Waals surface area (Å²) in [7, 11) is -0.635. The number of aliphatic imine (C=N–C) groups is 1. The number of rotatable bonds is 4. The summed E-state index contributed by atoms with van der Waals surface area (Å²) < 4.78 is 36.8. The molecule has 0 saturated heterocycles. The van der Waals surface area contributed by atoms with Gasteiger partial charge in [-0.3, -0.25) is 4.99 Å². The Labute approximate surface area is 122 Å². The molecule has 0 unspecified atom stereocenters. The summed E-state index contributed by atoms with van der Waals surface area (Å²) in [6.07, 6.45) is 1.81. The van der Waals surface area contributed by atoms with E-state index >= 15 is 0 Å². The molecule has 0 saturated carbocycles. The Morgan fingerprint density at radius 1 is 1.25 bits per heavy atom. The van der Waals surface area contributed by atoms with E-state index in [2.05, 4.69) is 4.99 Å². The van der Waals surface area contributed by atoms with Gasteiger partial charge in [-0.1, -0.05) is 11.8 Å². The molecule has 0 amide bonds. The van der Waals surface area contributed by atoms with Crippen LogP contribution in [0.2, 0.25) is 0 Å². The van der Waals surface area contributed by atoms with Crippen molar-refractivity contribution in [1.29, 1.82) is 0 Å². The molecule has 0 aliphatic carbocycles. The normalized spacial score (nSPS) is 15.2. The minimum atomic E-state index is -3.61. The first-order valence-electron chi connectivity index (χ1n) is 5.87. The van der Waals surface area contributed by atoms with Crippen molar-refractivity contribution in [3.05, 3.63) is 18.2 Å². The van der Waals surface area contributed by atoms with E-state index in [4.69, 9.17) is 9.47 Å². The van der Waals surface area contributed by atoms with E-state index in [0.717, 1.165) is 0 Å². The van der Waals surface area contributed by atoms with Crippen molar-refractivity contribution in [1.82, 2.24) is 4.31 Å². The number of methoxy groups -OCH3 is 2. The fourth-order valence-electron chi connectivity index (χ4n) is 1.90. The summed E-state index contributed by atoms with van der Waals surface area (Å²) in [4.78, 5) is 4.34. The molecule has 0 spiro atoms. The third kappa shape index (κ3) is 2.57. The van der Waals surface area contributed by atoms with Gasteiger partial charge in [0.15, 0.2) is 16.7 Å². The molecule has 6 nitrogen and oxygen atoms in total. The van der Waals surface area contributed by atoms with Crippen LogP contribution in [0.5, 0.6) is 11.5 Å². The highest BCUT2D eigenvalue weighted by molar-refractivity contribution is 8.14. The molecule has 8 heteroatoms. The first kappa shape index (κ1) is 15.0. The zero-order chi connectivity index (χ0) is 14.8. The molecule has 110 valence electrons. The van der Waals surface area contributed by atoms with Crippen LogP contribution in [0.25, 0.3) is 0 Å². The van der Waals surface area contributed by atoms with Gasteiger partial charge in [-0.05, 0) is 18.4 Å². The quantitative estimate of drug-likeness (QED) is 0.840. The largest absolute Gasteiger partial charge is 0.493 e. The van der Waals surface area contributed by atoms with Crippen LogP contribution in [0, 0.1) is 0 Å². The molecular formula is C12H16N2O4S2. The highest BCUT2D eigenvalue weighted by Crippen LogP contribution is 2.31. The number of hydrogen-bond acceptors (Lipinski definition) is 6. The predicted molar refractivity (Wildman–Crippen MR) is 79.3 cm³/mol. The summed E-state index contributed by atoms with van der Waals surface area (Å²) in [5, 5.41) is 0.514. The van der Waals surface area contributed by atoms with E-state index in [0.29, 0.717) is 29.8 Å². The molecule has 20 heavy (non-hydrogen) atoms. The Morgan fingerprint density at radius 3 is 2.55 bits per heavy atom. The van der Waals surface area contributed by atoms with Crippen LogP contribution in [0.1, 0.15) is 0 Å². The smallest absolute Gasteiger partial charge is 0.266 e. The number of nitrogens with zero attached hydrogens (tertiary/aromatic N) is 2. The molecule has 0 aromatic heterocycles. The summed E-state index contributed by atoms with van der Waals surface area (Å²) >= 11 is 1.32. The predicted octanol–water partition coefficient (Wildman–Crippen LogP) is 1.43. The molecule has 0 radical (unpaired) electrons. The Morgan fingerprint density at radius 2 is 1.95 bits per heavy atom. The van der Waals surface area contributed by atoms with Gasteiger partial charge < -0.3 is 9.47 Å². The number of thioether (sulfide) groups is 1. The van der Waals surface area contributed by atoms with Crippen LogP contribution < -0.4 is 9.47 Å². The maximum absolute atomic E-state index is 12.6. The number of benzene rings is 1. The van der Waals surface area contributed by atoms with Gasteiger partial charge >= 0.3 is 0 Å². The van der Waals surface area contributed by atoms with Gasteiger partial charge in [-0.25, -0.2) is 12.7 Å². The second-order valence-corrected chi connectivity index (χ2v) is 6.60. The number of hydrogen-bond donors (Lipinski definition) is 0. The summed E-state index contributed by atoms with van der Waals surface area (Å²) in [5.74, 6) is 0.877. The van der Waals surface area contributed by atoms with Crippen molar-refractivity contribution in [3.8, 4) is 11.5 Å². The Bertz CT molecular complexity index is 628. The van der Waals surface area contributed by atoms with Crippen molar-refractivity contribution in [2.75, 3.05) is 33.6 Å². The zero-order valence-electron chi connectivity index (χ0n) is 11.5. The third-order valence-corrected chi connectivity index (χ3v) is 5.50. The van der Waals surface area contributed by atoms with E-state index in [1.54, 1.807) is 12.3 Å². The maximum Gasteiger partial charge on any atom is 0.266 e. The van der Waals surface area contributed by atoms with Gasteiger partial charge in [0.1, 0.15) is 0 Å². The Balaban J connectivity index is 2.42. The monoisotopic (exact) mass is 316 g/mol. The van der Waals surface area contributed by atoms with E-state index in [9.17, 15) is 8.42 Å². The molecule has 1 aliphatic heterocycles. The van der Waals surface area contributed by atoms with Crippen molar-refractivity contribution in [2.24, 2.45) is 4.99 Å². The highest BCUT2D eigenvalue weighted by atomic mass is 32.2. The van der Waals surface area contributed by atoms with Crippen LogP contribution in [0.15, 0.2) is 28.1 Å². The molecule has 0 bridgehead atoms. The SMILES string of the molecule is COc1ccc(S(=O)(=O)N2CCN=C2SC)cc1OC. The number of amidine groups is 1. The second-order valence-electron chi connectivity index (χ2n) is 3.96. The van der Waals surface area contributed by atoms with E-state index in [-0.39, 0.29) is 4.90 Å². The van der Waals surface area contributed by atoms with Gasteiger partial charge in [-0.15, -0.1) is 0 Å². The minimum Gasteiger partial charge on any atom is -0.493 e. The Kier molecular flexibility index (Phi) is 4.44. The fourth-order valence-corrected chi connectivity index (χ4v) is 4.27. The minimum absolute atomic E-state index is 0.166. The second kappa shape index (κ2) is 5.92. The van der Waals surface area contributed by atoms with Gasteiger partial charge in [0.25, 0.3) is 10.0 Å². The molecule has 1 aliphatic rings. The van der Waals surface area contributed by atoms with Crippen LogP contribution >= 0.6 is 11.8 Å². The van der Waals surface area contributed by atoms with Crippen LogP contribution in [-0.2, 0) is 10.0 Å². The van der Waals surface area contributed by atoms with Gasteiger partial charge in [0.05, 0.1) is 32.2 Å². The topological polar surface area (TPSA) is 68.2 Å². The molecule has 0 fully saturated rings. The molecular weight excluding hydrogens is 300 g/mol. The van der Waals surface area contributed by atoms with Crippen LogP contribution in [0.4, 0.5) is 0 Å². The van der Waals surface area contributed by atoms with Crippen molar-refractivity contribution in [2.45, 2.75) is 4.90 Å². The third-order valence-electron chi connectivity index (χ3n) is 2.89. The first-order chi connectivity index (χ1) is 9.54. The number of ether oxygens (including phenoxy) is 2. The van der Waals surface area contributed by atoms with Gasteiger partial charge in [-0.2, -0.15) is 0 Å². The van der Waals surface area contributed by atoms with Crippen molar-refractivity contribution >= 4 is 27.0 Å². The van der Waals surface area contributed by atoms with Crippen LogP contribution in [0.3, 0.4) is 0 Å². The standard InChI is InChI=1S/C12H16N2O4S2/c1-17-10-5-4-9(8-11(10)18-2)20(15,16)14-7-6-13-12(14)19-3/h4-5,8H,6-7H2,1-3H3. The van der Waals surface area contributed by atoms with E-state index in [1.165, 1.54) is 42.4 Å². The lowest BCUT2D eigenvalue weighted by Crippen LogP contribution is -2.32. The highest BCUT2D eigenvalue weighted by Gasteiger charge is 2.30. The maximum atomic E-state index is 12.6. The molecule has 1 heterocycles. The lowest BCUT2D eigenvalue weighted by Gasteiger charge is -2.19. The summed E-state index contributed by atoms with van der Waals surface area (Å²) in [6, 6.07) is 4.55. The lowest BCUT2D eigenvalue weighted by molar-refractivity contribution is 0.353. The molecule has 0 atom stereocenters. The fraction of sp³-hybridized carbons (Fsp3) is 0.417. The van der Waals surface area contributed by atoms with Crippen molar-refractivity contribution in [3.63, 3.8) is 0 Å². The summed E-state index contributed by atoms with van der Waals surface area (Å²) in [5.41, 5.74) is 0. The molecule has 0 N–H and O–H groups in total. The average Bonchev–Trinajstić information content (AvgIpc) is 2.95. The lowest BCUT2D eigenvalue weighted by atomic mass is 10.3. The number of sulfonamides is 1.